The average molecular weight is 311 g/mol. The largest absolute Gasteiger partial charge is 0.344 e. The summed E-state index contributed by atoms with van der Waals surface area (Å²) in [7, 11) is 1.75. The van der Waals surface area contributed by atoms with E-state index in [4.69, 9.17) is 0 Å². The molecule has 96 valence electrons. The van der Waals surface area contributed by atoms with E-state index < -0.39 is 6.04 Å². The maximum atomic E-state index is 12.1. The summed E-state index contributed by atoms with van der Waals surface area (Å²) < 4.78 is 0.749. The number of aryl methyl sites for hydroxylation is 1. The topological polar surface area (TPSA) is 49.4 Å². The summed E-state index contributed by atoms with van der Waals surface area (Å²) in [5.41, 5.74) is 1.64. The van der Waals surface area contributed by atoms with Gasteiger partial charge in [0.05, 0.1) is 5.56 Å². The number of likely N-dealkylation sites (tertiary alicyclic amines) is 1. The minimum Gasteiger partial charge on any atom is -0.344 e. The summed E-state index contributed by atoms with van der Waals surface area (Å²) in [6.07, 6.45) is 0.671. The third-order valence-corrected chi connectivity index (χ3v) is 3.76. The van der Waals surface area contributed by atoms with Crippen molar-refractivity contribution in [1.82, 2.24) is 10.2 Å². The molecule has 1 unspecified atom stereocenters. The van der Waals surface area contributed by atoms with E-state index in [9.17, 15) is 9.59 Å². The molecule has 0 radical (unpaired) electrons. The number of nitrogens with zero attached hydrogens (tertiary/aromatic N) is 1. The number of benzene rings is 1. The summed E-state index contributed by atoms with van der Waals surface area (Å²) in [4.78, 5) is 25.4. The van der Waals surface area contributed by atoms with Crippen LogP contribution in [-0.4, -0.2) is 36.3 Å². The van der Waals surface area contributed by atoms with Crippen molar-refractivity contribution in [2.24, 2.45) is 0 Å². The highest BCUT2D eigenvalue weighted by Crippen LogP contribution is 2.19. The summed E-state index contributed by atoms with van der Waals surface area (Å²) >= 11 is 3.37. The highest BCUT2D eigenvalue weighted by Gasteiger charge is 2.30. The first-order chi connectivity index (χ1) is 8.49. The lowest BCUT2D eigenvalue weighted by Gasteiger charge is -2.13. The molecule has 1 saturated heterocycles. The van der Waals surface area contributed by atoms with Gasteiger partial charge in [-0.05, 0) is 47.0 Å². The Labute approximate surface area is 114 Å². The number of hydrogen-bond donors (Lipinski definition) is 1. The van der Waals surface area contributed by atoms with E-state index in [0.717, 1.165) is 10.0 Å². The third kappa shape index (κ3) is 2.56. The van der Waals surface area contributed by atoms with Crippen LogP contribution in [0.1, 0.15) is 22.3 Å². The monoisotopic (exact) mass is 310 g/mol. The van der Waals surface area contributed by atoms with Crippen LogP contribution in [0.2, 0.25) is 0 Å². The smallest absolute Gasteiger partial charge is 0.253 e. The molecule has 0 aliphatic carbocycles. The van der Waals surface area contributed by atoms with Crippen LogP contribution in [0, 0.1) is 6.92 Å². The molecule has 1 heterocycles. The second-order valence-corrected chi connectivity index (χ2v) is 5.41. The van der Waals surface area contributed by atoms with Crippen molar-refractivity contribution in [3.63, 3.8) is 0 Å². The van der Waals surface area contributed by atoms with Crippen molar-refractivity contribution >= 4 is 27.7 Å². The van der Waals surface area contributed by atoms with Crippen LogP contribution in [0.4, 0.5) is 0 Å². The van der Waals surface area contributed by atoms with E-state index in [1.54, 1.807) is 18.0 Å². The molecule has 0 spiro atoms. The summed E-state index contributed by atoms with van der Waals surface area (Å²) in [5, 5.41) is 2.78. The minimum atomic E-state index is -0.393. The molecule has 0 bridgehead atoms. The van der Waals surface area contributed by atoms with Crippen LogP contribution >= 0.6 is 15.9 Å². The number of likely N-dealkylation sites (N-methyl/N-ethyl adjacent to an activating group) is 1. The zero-order valence-electron chi connectivity index (χ0n) is 10.4. The fourth-order valence-electron chi connectivity index (χ4n) is 2.00. The van der Waals surface area contributed by atoms with Gasteiger partial charge in [0.25, 0.3) is 5.91 Å². The number of halogens is 1. The third-order valence-electron chi connectivity index (χ3n) is 3.10. The lowest BCUT2D eigenvalue weighted by molar-refractivity contribution is -0.128. The quantitative estimate of drug-likeness (QED) is 0.904. The molecule has 1 atom stereocenters. The highest BCUT2D eigenvalue weighted by atomic mass is 79.9. The van der Waals surface area contributed by atoms with Gasteiger partial charge in [0, 0.05) is 18.1 Å². The van der Waals surface area contributed by atoms with Gasteiger partial charge in [0.15, 0.2) is 0 Å². The second kappa shape index (κ2) is 5.10. The van der Waals surface area contributed by atoms with Gasteiger partial charge in [-0.15, -0.1) is 0 Å². The van der Waals surface area contributed by atoms with Crippen LogP contribution < -0.4 is 5.32 Å². The molecule has 2 amide bonds. The standard InChI is InChI=1S/C13H15BrN2O2/c1-8-3-4-9(10(14)7-8)12(17)15-11-5-6-16(2)13(11)18/h3-4,7,11H,5-6H2,1-2H3,(H,15,17). The van der Waals surface area contributed by atoms with E-state index in [-0.39, 0.29) is 11.8 Å². The van der Waals surface area contributed by atoms with E-state index in [0.29, 0.717) is 18.5 Å². The molecule has 1 aliphatic rings. The summed E-state index contributed by atoms with van der Waals surface area (Å²) in [5.74, 6) is -0.234. The van der Waals surface area contributed by atoms with Crippen molar-refractivity contribution in [1.29, 1.82) is 0 Å². The maximum absolute atomic E-state index is 12.1. The van der Waals surface area contributed by atoms with Gasteiger partial charge < -0.3 is 10.2 Å². The van der Waals surface area contributed by atoms with E-state index >= 15 is 0 Å². The average Bonchev–Trinajstić information content (AvgIpc) is 2.61. The van der Waals surface area contributed by atoms with Crippen LogP contribution in [0.5, 0.6) is 0 Å². The van der Waals surface area contributed by atoms with Crippen molar-refractivity contribution in [3.8, 4) is 0 Å². The molecule has 5 heteroatoms. The Balaban J connectivity index is 2.11. The summed E-state index contributed by atoms with van der Waals surface area (Å²) in [6, 6.07) is 5.13. The molecule has 2 rings (SSSR count). The van der Waals surface area contributed by atoms with Crippen LogP contribution in [0.3, 0.4) is 0 Å². The zero-order valence-corrected chi connectivity index (χ0v) is 12.0. The van der Waals surface area contributed by atoms with Crippen molar-refractivity contribution in [2.75, 3.05) is 13.6 Å². The van der Waals surface area contributed by atoms with Gasteiger partial charge in [-0.2, -0.15) is 0 Å². The number of hydrogen-bond acceptors (Lipinski definition) is 2. The van der Waals surface area contributed by atoms with Crippen LogP contribution in [-0.2, 0) is 4.79 Å². The number of amides is 2. The van der Waals surface area contributed by atoms with E-state index in [1.807, 2.05) is 19.1 Å². The first kappa shape index (κ1) is 13.1. The van der Waals surface area contributed by atoms with Crippen molar-refractivity contribution < 1.29 is 9.59 Å². The minimum absolute atomic E-state index is 0.0217. The molecule has 0 saturated carbocycles. The Hall–Kier alpha value is -1.36. The SMILES string of the molecule is Cc1ccc(C(=O)NC2CCN(C)C2=O)c(Br)c1. The fourth-order valence-corrected chi connectivity index (χ4v) is 2.67. The zero-order chi connectivity index (χ0) is 13.3. The molecule has 4 nitrogen and oxygen atoms in total. The molecule has 18 heavy (non-hydrogen) atoms. The Kier molecular flexibility index (Phi) is 3.71. The van der Waals surface area contributed by atoms with Crippen molar-refractivity contribution in [2.45, 2.75) is 19.4 Å². The lowest BCUT2D eigenvalue weighted by atomic mass is 10.1. The van der Waals surface area contributed by atoms with Gasteiger partial charge in [-0.25, -0.2) is 0 Å². The molecule has 0 aromatic heterocycles. The maximum Gasteiger partial charge on any atom is 0.253 e. The second-order valence-electron chi connectivity index (χ2n) is 4.56. The fraction of sp³-hybridized carbons (Fsp3) is 0.385. The number of carbonyl (C=O) groups is 2. The molecule has 1 fully saturated rings. The van der Waals surface area contributed by atoms with Crippen molar-refractivity contribution in [3.05, 3.63) is 33.8 Å². The van der Waals surface area contributed by atoms with E-state index in [2.05, 4.69) is 21.2 Å². The molecular weight excluding hydrogens is 296 g/mol. The normalized spacial score (nSPS) is 19.2. The number of rotatable bonds is 2. The summed E-state index contributed by atoms with van der Waals surface area (Å²) in [6.45, 7) is 2.65. The van der Waals surface area contributed by atoms with Gasteiger partial charge in [-0.3, -0.25) is 9.59 Å². The van der Waals surface area contributed by atoms with Crippen LogP contribution in [0.25, 0.3) is 0 Å². The Bertz CT molecular complexity index is 502. The predicted molar refractivity (Wildman–Crippen MR) is 72.4 cm³/mol. The molecule has 1 aliphatic heterocycles. The Morgan fingerprint density at radius 1 is 1.50 bits per heavy atom. The molecule has 1 aromatic rings. The van der Waals surface area contributed by atoms with Crippen LogP contribution in [0.15, 0.2) is 22.7 Å². The molecular formula is C13H15BrN2O2. The molecule has 1 N–H and O–H groups in total. The first-order valence-corrected chi connectivity index (χ1v) is 6.60. The van der Waals surface area contributed by atoms with Gasteiger partial charge >= 0.3 is 0 Å². The predicted octanol–water partition coefficient (Wildman–Crippen LogP) is 1.72. The van der Waals surface area contributed by atoms with Gasteiger partial charge in [0.1, 0.15) is 6.04 Å². The number of carbonyl (C=O) groups excluding carboxylic acids is 2. The van der Waals surface area contributed by atoms with Gasteiger partial charge in [-0.1, -0.05) is 6.07 Å². The van der Waals surface area contributed by atoms with E-state index in [1.165, 1.54) is 0 Å². The Morgan fingerprint density at radius 3 is 2.78 bits per heavy atom. The molecule has 1 aromatic carbocycles. The lowest BCUT2D eigenvalue weighted by Crippen LogP contribution is -2.40. The Morgan fingerprint density at radius 2 is 2.22 bits per heavy atom. The van der Waals surface area contributed by atoms with Gasteiger partial charge in [0.2, 0.25) is 5.91 Å². The highest BCUT2D eigenvalue weighted by molar-refractivity contribution is 9.10. The number of nitrogens with one attached hydrogen (secondary N) is 1. The first-order valence-electron chi connectivity index (χ1n) is 5.81.